The number of alkyl carbamates (subject to hydrolysis) is 1. The summed E-state index contributed by atoms with van der Waals surface area (Å²) in [5.41, 5.74) is 4.06. The van der Waals surface area contributed by atoms with E-state index in [1.54, 1.807) is 6.07 Å². The topological polar surface area (TPSA) is 97.1 Å². The highest BCUT2D eigenvalue weighted by Crippen LogP contribution is 2.39. The van der Waals surface area contributed by atoms with Crippen molar-refractivity contribution in [3.05, 3.63) is 53.1 Å². The molecule has 0 saturated heterocycles. The van der Waals surface area contributed by atoms with Crippen LogP contribution in [-0.2, 0) is 11.2 Å². The van der Waals surface area contributed by atoms with Crippen molar-refractivity contribution in [1.82, 2.24) is 15.5 Å². The van der Waals surface area contributed by atoms with Gasteiger partial charge in [0.15, 0.2) is 0 Å². The van der Waals surface area contributed by atoms with Crippen molar-refractivity contribution in [3.8, 4) is 33.0 Å². The van der Waals surface area contributed by atoms with Gasteiger partial charge in [0, 0.05) is 11.1 Å². The summed E-state index contributed by atoms with van der Waals surface area (Å²) in [7, 11) is 0. The Bertz CT molecular complexity index is 1270. The summed E-state index contributed by atoms with van der Waals surface area (Å²) in [5.74, 6) is 0.566. The molecule has 1 aliphatic carbocycles. The third-order valence-corrected chi connectivity index (χ3v) is 6.57. The monoisotopic (exact) mass is 490 g/mol. The Hall–Kier alpha value is -3.44. The Kier molecular flexibility index (Phi) is 7.08. The molecular formula is C27H30N4O3S. The number of amides is 1. The Morgan fingerprint density at radius 1 is 1.20 bits per heavy atom. The fraction of sp³-hybridized carbons (Fsp3) is 0.407. The van der Waals surface area contributed by atoms with E-state index in [1.807, 2.05) is 52.8 Å². The van der Waals surface area contributed by atoms with E-state index in [0.29, 0.717) is 11.3 Å². The minimum atomic E-state index is -0.545. The van der Waals surface area contributed by atoms with Crippen molar-refractivity contribution in [2.45, 2.75) is 71.6 Å². The van der Waals surface area contributed by atoms with Gasteiger partial charge in [0.25, 0.3) is 0 Å². The molecule has 0 saturated carbocycles. The van der Waals surface area contributed by atoms with E-state index in [2.05, 4.69) is 33.7 Å². The van der Waals surface area contributed by atoms with Crippen LogP contribution in [0.5, 0.6) is 5.75 Å². The lowest BCUT2D eigenvalue weighted by molar-refractivity contribution is 0.0498. The smallest absolute Gasteiger partial charge is 0.408 e. The van der Waals surface area contributed by atoms with Gasteiger partial charge >= 0.3 is 6.09 Å². The largest absolute Gasteiger partial charge is 0.490 e. The molecule has 35 heavy (non-hydrogen) atoms. The number of carbonyl (C=O) groups excluding carboxylic acids is 1. The molecule has 0 bridgehead atoms. The second-order valence-corrected chi connectivity index (χ2v) is 10.8. The summed E-state index contributed by atoms with van der Waals surface area (Å²) in [6.07, 6.45) is 2.31. The first-order valence-corrected chi connectivity index (χ1v) is 12.6. The van der Waals surface area contributed by atoms with E-state index < -0.39 is 11.7 Å². The Morgan fingerprint density at radius 3 is 2.69 bits per heavy atom. The lowest BCUT2D eigenvalue weighted by Crippen LogP contribution is -2.36. The molecule has 4 rings (SSSR count). The highest BCUT2D eigenvalue weighted by molar-refractivity contribution is 7.17. The van der Waals surface area contributed by atoms with Gasteiger partial charge in [0.1, 0.15) is 27.4 Å². The second-order valence-electron chi connectivity index (χ2n) is 9.87. The summed E-state index contributed by atoms with van der Waals surface area (Å²) in [6.45, 7) is 9.44. The number of nitriles is 1. The van der Waals surface area contributed by atoms with Crippen LogP contribution >= 0.6 is 11.3 Å². The van der Waals surface area contributed by atoms with Crippen LogP contribution in [0.3, 0.4) is 0 Å². The van der Waals surface area contributed by atoms with Gasteiger partial charge in [-0.3, -0.25) is 0 Å². The highest BCUT2D eigenvalue weighted by atomic mass is 32.1. The van der Waals surface area contributed by atoms with Gasteiger partial charge in [0.05, 0.1) is 17.7 Å². The molecule has 0 radical (unpaired) electrons. The molecule has 1 atom stereocenters. The molecule has 0 fully saturated rings. The number of carbonyl (C=O) groups is 1. The van der Waals surface area contributed by atoms with Crippen molar-refractivity contribution in [2.24, 2.45) is 0 Å². The van der Waals surface area contributed by atoms with Gasteiger partial charge in [-0.2, -0.15) is 5.26 Å². The van der Waals surface area contributed by atoms with Crippen LogP contribution in [0.15, 0.2) is 36.4 Å². The number of rotatable bonds is 5. The summed E-state index contributed by atoms with van der Waals surface area (Å²) in [6, 6.07) is 13.7. The minimum Gasteiger partial charge on any atom is -0.490 e. The third-order valence-electron chi connectivity index (χ3n) is 5.56. The third kappa shape index (κ3) is 5.80. The number of aromatic nitrogens is 2. The van der Waals surface area contributed by atoms with E-state index in [-0.39, 0.29) is 12.1 Å². The van der Waals surface area contributed by atoms with Crippen molar-refractivity contribution < 1.29 is 14.3 Å². The second kappa shape index (κ2) is 10.0. The fourth-order valence-electron chi connectivity index (χ4n) is 4.20. The predicted octanol–water partition coefficient (Wildman–Crippen LogP) is 6.43. The summed E-state index contributed by atoms with van der Waals surface area (Å²) >= 11 is 1.49. The SMILES string of the molecule is CC(C)Oc1ccc(-c2nnc(-c3cccc4c3CCC[C@@H]4NC(=O)OC(C)(C)C)s2)cc1C#N. The van der Waals surface area contributed by atoms with E-state index in [1.165, 1.54) is 16.9 Å². The molecule has 0 aliphatic heterocycles. The average molecular weight is 491 g/mol. The molecule has 2 aromatic carbocycles. The molecule has 0 unspecified atom stereocenters. The fourth-order valence-corrected chi connectivity index (χ4v) is 5.10. The Morgan fingerprint density at radius 2 is 1.97 bits per heavy atom. The maximum absolute atomic E-state index is 12.4. The van der Waals surface area contributed by atoms with Crippen LogP contribution in [-0.4, -0.2) is 28.0 Å². The number of nitrogens with one attached hydrogen (secondary N) is 1. The van der Waals surface area contributed by atoms with Crippen LogP contribution in [0.1, 0.15) is 70.2 Å². The standard InChI is InChI=1S/C27H30N4O3S/c1-16(2)33-23-13-12-17(14-18(23)15-28)24-30-31-25(35-24)21-10-6-9-20-19(21)8-7-11-22(20)29-26(32)34-27(3,4)5/h6,9-10,12-14,16,22H,7-8,11H2,1-5H3,(H,29,32)/t22-/m0/s1. The Balaban J connectivity index is 1.61. The zero-order valence-corrected chi connectivity index (χ0v) is 21.5. The number of fused-ring (bicyclic) bond motifs is 1. The lowest BCUT2D eigenvalue weighted by atomic mass is 9.85. The first kappa shape index (κ1) is 24.7. The van der Waals surface area contributed by atoms with Gasteiger partial charge in [-0.05, 0) is 83.2 Å². The van der Waals surface area contributed by atoms with Crippen molar-refractivity contribution in [3.63, 3.8) is 0 Å². The summed E-state index contributed by atoms with van der Waals surface area (Å²) < 4.78 is 11.2. The molecule has 3 aromatic rings. The molecule has 1 N–H and O–H groups in total. The zero-order chi connectivity index (χ0) is 25.2. The predicted molar refractivity (Wildman–Crippen MR) is 136 cm³/mol. The molecule has 182 valence electrons. The van der Waals surface area contributed by atoms with Crippen LogP contribution in [0.2, 0.25) is 0 Å². The minimum absolute atomic E-state index is 0.0148. The van der Waals surface area contributed by atoms with Gasteiger partial charge in [-0.1, -0.05) is 29.5 Å². The van der Waals surface area contributed by atoms with Crippen LogP contribution in [0.25, 0.3) is 21.1 Å². The van der Waals surface area contributed by atoms with Crippen LogP contribution in [0.4, 0.5) is 4.79 Å². The molecular weight excluding hydrogens is 460 g/mol. The number of hydrogen-bond acceptors (Lipinski definition) is 7. The molecule has 8 heteroatoms. The zero-order valence-electron chi connectivity index (χ0n) is 20.7. The van der Waals surface area contributed by atoms with E-state index in [9.17, 15) is 10.1 Å². The molecule has 1 aromatic heterocycles. The molecule has 7 nitrogen and oxygen atoms in total. The van der Waals surface area contributed by atoms with Gasteiger partial charge in [-0.25, -0.2) is 4.79 Å². The molecule has 1 amide bonds. The maximum Gasteiger partial charge on any atom is 0.408 e. The number of nitrogens with zero attached hydrogens (tertiary/aromatic N) is 3. The van der Waals surface area contributed by atoms with Gasteiger partial charge in [-0.15, -0.1) is 10.2 Å². The lowest BCUT2D eigenvalue weighted by Gasteiger charge is -2.29. The highest BCUT2D eigenvalue weighted by Gasteiger charge is 2.27. The van der Waals surface area contributed by atoms with Crippen molar-refractivity contribution in [2.75, 3.05) is 0 Å². The maximum atomic E-state index is 12.4. The Labute approximate surface area is 210 Å². The quantitative estimate of drug-likeness (QED) is 0.442. The molecule has 1 heterocycles. The van der Waals surface area contributed by atoms with E-state index >= 15 is 0 Å². The average Bonchev–Trinajstić information content (AvgIpc) is 3.27. The van der Waals surface area contributed by atoms with Gasteiger partial charge in [0.2, 0.25) is 0 Å². The van der Waals surface area contributed by atoms with Crippen molar-refractivity contribution >= 4 is 17.4 Å². The summed E-state index contributed by atoms with van der Waals surface area (Å²) in [4.78, 5) is 12.4. The number of ether oxygens (including phenoxy) is 2. The van der Waals surface area contributed by atoms with Crippen LogP contribution < -0.4 is 10.1 Å². The van der Waals surface area contributed by atoms with E-state index in [0.717, 1.165) is 46.0 Å². The van der Waals surface area contributed by atoms with Crippen molar-refractivity contribution in [1.29, 1.82) is 5.26 Å². The van der Waals surface area contributed by atoms with Crippen LogP contribution in [0, 0.1) is 11.3 Å². The van der Waals surface area contributed by atoms with E-state index in [4.69, 9.17) is 9.47 Å². The number of hydrogen-bond donors (Lipinski definition) is 1. The number of benzene rings is 2. The summed E-state index contributed by atoms with van der Waals surface area (Å²) in [5, 5.41) is 23.0. The first-order chi connectivity index (χ1) is 16.6. The first-order valence-electron chi connectivity index (χ1n) is 11.8. The molecule has 0 spiro atoms. The molecule has 1 aliphatic rings. The normalized spacial score (nSPS) is 15.3. The van der Waals surface area contributed by atoms with Gasteiger partial charge < -0.3 is 14.8 Å².